The van der Waals surface area contributed by atoms with Gasteiger partial charge >= 0.3 is 0 Å². The van der Waals surface area contributed by atoms with E-state index in [2.05, 4.69) is 30.9 Å². The van der Waals surface area contributed by atoms with Crippen molar-refractivity contribution in [3.63, 3.8) is 0 Å². The molecule has 2 rings (SSSR count). The maximum atomic E-state index is 11.4. The third kappa shape index (κ3) is 3.52. The number of amides is 1. The summed E-state index contributed by atoms with van der Waals surface area (Å²) in [5.74, 6) is 0.125. The van der Waals surface area contributed by atoms with Crippen molar-refractivity contribution in [2.24, 2.45) is 17.4 Å². The SMILES string of the molecule is CC(C)CN(CC(N)=O)c1ccc(CN)c2ccccc12. The molecule has 0 aromatic heterocycles. The van der Waals surface area contributed by atoms with Crippen molar-refractivity contribution in [3.8, 4) is 0 Å². The van der Waals surface area contributed by atoms with E-state index in [1.807, 2.05) is 24.3 Å². The van der Waals surface area contributed by atoms with Crippen LogP contribution in [-0.2, 0) is 11.3 Å². The third-order valence-corrected chi connectivity index (χ3v) is 3.48. The Morgan fingerprint density at radius 3 is 2.38 bits per heavy atom. The van der Waals surface area contributed by atoms with Crippen LogP contribution in [0, 0.1) is 5.92 Å². The van der Waals surface area contributed by atoms with Gasteiger partial charge in [0.2, 0.25) is 5.91 Å². The molecule has 0 atom stereocenters. The fourth-order valence-electron chi connectivity index (χ4n) is 2.68. The van der Waals surface area contributed by atoms with E-state index < -0.39 is 0 Å². The predicted molar refractivity (Wildman–Crippen MR) is 88.1 cm³/mol. The normalized spacial score (nSPS) is 11.0. The van der Waals surface area contributed by atoms with E-state index in [9.17, 15) is 4.79 Å². The van der Waals surface area contributed by atoms with Crippen LogP contribution in [0.15, 0.2) is 36.4 Å². The highest BCUT2D eigenvalue weighted by Crippen LogP contribution is 2.29. The van der Waals surface area contributed by atoms with Gasteiger partial charge in [0.15, 0.2) is 0 Å². The first-order valence-electron chi connectivity index (χ1n) is 7.27. The zero-order valence-corrected chi connectivity index (χ0v) is 12.7. The average Bonchev–Trinajstić information content (AvgIpc) is 2.44. The molecule has 0 aliphatic rings. The lowest BCUT2D eigenvalue weighted by Gasteiger charge is -2.27. The second-order valence-corrected chi connectivity index (χ2v) is 5.73. The van der Waals surface area contributed by atoms with Gasteiger partial charge in [-0.3, -0.25) is 4.79 Å². The van der Waals surface area contributed by atoms with E-state index in [0.29, 0.717) is 12.5 Å². The molecule has 0 unspecified atom stereocenters. The number of carbonyl (C=O) groups is 1. The first-order chi connectivity index (χ1) is 10.0. The van der Waals surface area contributed by atoms with Crippen LogP contribution in [0.4, 0.5) is 5.69 Å². The molecule has 0 bridgehead atoms. The van der Waals surface area contributed by atoms with Crippen LogP contribution < -0.4 is 16.4 Å². The van der Waals surface area contributed by atoms with Crippen molar-refractivity contribution in [2.45, 2.75) is 20.4 Å². The summed E-state index contributed by atoms with van der Waals surface area (Å²) >= 11 is 0. The molecule has 0 aliphatic carbocycles. The summed E-state index contributed by atoms with van der Waals surface area (Å²) in [6, 6.07) is 12.2. The molecule has 1 amide bonds. The van der Waals surface area contributed by atoms with Crippen LogP contribution in [0.5, 0.6) is 0 Å². The van der Waals surface area contributed by atoms with Crippen molar-refractivity contribution in [1.82, 2.24) is 0 Å². The van der Waals surface area contributed by atoms with Crippen LogP contribution in [0.25, 0.3) is 10.8 Å². The van der Waals surface area contributed by atoms with E-state index in [-0.39, 0.29) is 12.5 Å². The zero-order valence-electron chi connectivity index (χ0n) is 12.7. The smallest absolute Gasteiger partial charge is 0.236 e. The van der Waals surface area contributed by atoms with Crippen molar-refractivity contribution in [1.29, 1.82) is 0 Å². The molecule has 0 radical (unpaired) electrons. The number of rotatable bonds is 6. The fraction of sp³-hybridized carbons (Fsp3) is 0.353. The van der Waals surface area contributed by atoms with Crippen molar-refractivity contribution < 1.29 is 4.79 Å². The fourth-order valence-corrected chi connectivity index (χ4v) is 2.68. The van der Waals surface area contributed by atoms with Gasteiger partial charge in [0.25, 0.3) is 0 Å². The molecule has 0 saturated heterocycles. The molecule has 0 fully saturated rings. The van der Waals surface area contributed by atoms with E-state index in [4.69, 9.17) is 11.5 Å². The first kappa shape index (κ1) is 15.3. The number of benzene rings is 2. The van der Waals surface area contributed by atoms with E-state index in [1.54, 1.807) is 0 Å². The molecule has 112 valence electrons. The highest BCUT2D eigenvalue weighted by Gasteiger charge is 2.15. The predicted octanol–water partition coefficient (Wildman–Crippen LogP) is 2.25. The molecular weight excluding hydrogens is 262 g/mol. The van der Waals surface area contributed by atoms with Crippen LogP contribution in [-0.4, -0.2) is 19.0 Å². The standard InChI is InChI=1S/C17H23N3O/c1-12(2)10-20(11-17(19)21)16-8-7-13(9-18)14-5-3-4-6-15(14)16/h3-8,12H,9-11,18H2,1-2H3,(H2,19,21). The Labute approximate surface area is 125 Å². The number of hydrogen-bond donors (Lipinski definition) is 2. The third-order valence-electron chi connectivity index (χ3n) is 3.48. The Kier molecular flexibility index (Phi) is 4.81. The maximum absolute atomic E-state index is 11.4. The Morgan fingerprint density at radius 2 is 1.81 bits per heavy atom. The summed E-state index contributed by atoms with van der Waals surface area (Å²) in [6.45, 7) is 5.77. The molecule has 21 heavy (non-hydrogen) atoms. The highest BCUT2D eigenvalue weighted by molar-refractivity contribution is 5.97. The Balaban J connectivity index is 2.54. The molecule has 0 heterocycles. The van der Waals surface area contributed by atoms with E-state index in [1.165, 1.54) is 0 Å². The zero-order chi connectivity index (χ0) is 15.4. The molecule has 4 nitrogen and oxygen atoms in total. The molecule has 2 aromatic carbocycles. The van der Waals surface area contributed by atoms with Crippen LogP contribution >= 0.6 is 0 Å². The van der Waals surface area contributed by atoms with Crippen molar-refractivity contribution in [3.05, 3.63) is 42.0 Å². The number of primary amides is 1. The number of nitrogens with two attached hydrogens (primary N) is 2. The van der Waals surface area contributed by atoms with Gasteiger partial charge in [-0.15, -0.1) is 0 Å². The lowest BCUT2D eigenvalue weighted by molar-refractivity contribution is -0.116. The minimum Gasteiger partial charge on any atom is -0.368 e. The van der Waals surface area contributed by atoms with E-state index >= 15 is 0 Å². The minimum atomic E-state index is -0.317. The minimum absolute atomic E-state index is 0.226. The van der Waals surface area contributed by atoms with Gasteiger partial charge < -0.3 is 16.4 Å². The van der Waals surface area contributed by atoms with Crippen LogP contribution in [0.2, 0.25) is 0 Å². The molecule has 0 spiro atoms. The monoisotopic (exact) mass is 285 g/mol. The largest absolute Gasteiger partial charge is 0.368 e. The quantitative estimate of drug-likeness (QED) is 0.855. The number of fused-ring (bicyclic) bond motifs is 1. The second-order valence-electron chi connectivity index (χ2n) is 5.73. The summed E-state index contributed by atoms with van der Waals surface area (Å²) in [6.07, 6.45) is 0. The maximum Gasteiger partial charge on any atom is 0.236 e. The number of nitrogens with zero attached hydrogens (tertiary/aromatic N) is 1. The van der Waals surface area contributed by atoms with Gasteiger partial charge in [0, 0.05) is 24.2 Å². The molecule has 4 N–H and O–H groups in total. The van der Waals surface area contributed by atoms with Crippen LogP contribution in [0.1, 0.15) is 19.4 Å². The lowest BCUT2D eigenvalue weighted by atomic mass is 10.0. The number of anilines is 1. The topological polar surface area (TPSA) is 72.3 Å². The molecule has 2 aromatic rings. The summed E-state index contributed by atoms with van der Waals surface area (Å²) in [5.41, 5.74) is 13.4. The van der Waals surface area contributed by atoms with Gasteiger partial charge in [-0.05, 0) is 22.9 Å². The van der Waals surface area contributed by atoms with Gasteiger partial charge in [-0.1, -0.05) is 44.2 Å². The molecule has 0 aliphatic heterocycles. The summed E-state index contributed by atoms with van der Waals surface area (Å²) in [5, 5.41) is 2.25. The molecular formula is C17H23N3O. The lowest BCUT2D eigenvalue weighted by Crippen LogP contribution is -2.36. The Hall–Kier alpha value is -2.07. The van der Waals surface area contributed by atoms with Gasteiger partial charge in [-0.25, -0.2) is 0 Å². The molecule has 4 heteroatoms. The average molecular weight is 285 g/mol. The second kappa shape index (κ2) is 6.59. The number of carbonyl (C=O) groups excluding carboxylic acids is 1. The summed E-state index contributed by atoms with van der Waals surface area (Å²) in [7, 11) is 0. The number of hydrogen-bond acceptors (Lipinski definition) is 3. The van der Waals surface area contributed by atoms with Gasteiger partial charge in [0.1, 0.15) is 0 Å². The van der Waals surface area contributed by atoms with Gasteiger partial charge in [-0.2, -0.15) is 0 Å². The summed E-state index contributed by atoms with van der Waals surface area (Å²) in [4.78, 5) is 13.4. The van der Waals surface area contributed by atoms with Gasteiger partial charge in [0.05, 0.1) is 6.54 Å². The van der Waals surface area contributed by atoms with E-state index in [0.717, 1.165) is 28.6 Å². The van der Waals surface area contributed by atoms with Crippen molar-refractivity contribution >= 4 is 22.4 Å². The summed E-state index contributed by atoms with van der Waals surface area (Å²) < 4.78 is 0. The molecule has 0 saturated carbocycles. The van der Waals surface area contributed by atoms with Crippen LogP contribution in [0.3, 0.4) is 0 Å². The Bertz CT molecular complexity index is 637. The van der Waals surface area contributed by atoms with Crippen molar-refractivity contribution in [2.75, 3.05) is 18.0 Å². The Morgan fingerprint density at radius 1 is 1.14 bits per heavy atom. The first-order valence-corrected chi connectivity index (χ1v) is 7.27. The highest BCUT2D eigenvalue weighted by atomic mass is 16.1.